The van der Waals surface area contributed by atoms with E-state index in [0.29, 0.717) is 5.69 Å². The van der Waals surface area contributed by atoms with Gasteiger partial charge in [-0.15, -0.1) is 0 Å². The van der Waals surface area contributed by atoms with Crippen LogP contribution in [0, 0.1) is 6.92 Å². The average Bonchev–Trinajstić information content (AvgIpc) is 2.95. The molecule has 0 spiro atoms. The number of aryl methyl sites for hydroxylation is 1. The number of nitrogens with zero attached hydrogens (tertiary/aromatic N) is 2. The lowest BCUT2D eigenvalue weighted by Gasteiger charge is -2.01. The molecule has 2 N–H and O–H groups in total. The summed E-state index contributed by atoms with van der Waals surface area (Å²) < 4.78 is 2.05. The second kappa shape index (κ2) is 3.98. The molecule has 5 heteroatoms. The molecule has 0 saturated heterocycles. The summed E-state index contributed by atoms with van der Waals surface area (Å²) in [6.07, 6.45) is 1.35. The fourth-order valence-corrected chi connectivity index (χ4v) is 2.48. The van der Waals surface area contributed by atoms with Crippen molar-refractivity contribution in [3.63, 3.8) is 0 Å². The lowest BCUT2D eigenvalue weighted by atomic mass is 10.0. The van der Waals surface area contributed by atoms with Gasteiger partial charge < -0.3 is 9.67 Å². The molecule has 0 fully saturated rings. The number of benzene rings is 1. The van der Waals surface area contributed by atoms with Crippen LogP contribution in [0.2, 0.25) is 0 Å². The molecular weight excluding hydrogens is 242 g/mol. The van der Waals surface area contributed by atoms with Crippen LogP contribution < -0.4 is 0 Å². The zero-order chi connectivity index (χ0) is 13.6. The number of aromatic nitrogens is 3. The summed E-state index contributed by atoms with van der Waals surface area (Å²) in [6.45, 7) is 1.97. The van der Waals surface area contributed by atoms with Gasteiger partial charge in [0.05, 0.1) is 11.9 Å². The van der Waals surface area contributed by atoms with Gasteiger partial charge in [0.25, 0.3) is 0 Å². The summed E-state index contributed by atoms with van der Waals surface area (Å²) in [6, 6.07) is 7.92. The number of hydrogen-bond acceptors (Lipinski definition) is 2. The minimum absolute atomic E-state index is 0.194. The van der Waals surface area contributed by atoms with Crippen LogP contribution in [0.15, 0.2) is 30.5 Å². The second-order valence-electron chi connectivity index (χ2n) is 4.50. The van der Waals surface area contributed by atoms with Crippen molar-refractivity contribution in [3.05, 3.63) is 41.7 Å². The molecule has 0 bridgehead atoms. The van der Waals surface area contributed by atoms with Gasteiger partial charge in [-0.1, -0.05) is 18.2 Å². The molecule has 0 amide bonds. The first-order chi connectivity index (χ1) is 9.11. The highest BCUT2D eigenvalue weighted by atomic mass is 16.4. The molecule has 0 aliphatic rings. The highest BCUT2D eigenvalue weighted by Crippen LogP contribution is 2.34. The minimum atomic E-state index is -0.976. The number of carbonyl (C=O) groups is 1. The Morgan fingerprint density at radius 3 is 2.84 bits per heavy atom. The number of rotatable bonds is 2. The van der Waals surface area contributed by atoms with Gasteiger partial charge in [-0.2, -0.15) is 5.10 Å². The first kappa shape index (κ1) is 11.5. The van der Waals surface area contributed by atoms with Crippen molar-refractivity contribution in [1.82, 2.24) is 14.8 Å². The Hall–Kier alpha value is -2.56. The van der Waals surface area contributed by atoms with Crippen LogP contribution in [0.25, 0.3) is 22.2 Å². The van der Waals surface area contributed by atoms with Gasteiger partial charge in [0.2, 0.25) is 0 Å². The molecule has 0 unspecified atom stereocenters. The molecular formula is C14H13N3O2. The number of aromatic amines is 1. The maximum Gasteiger partial charge on any atom is 0.339 e. The summed E-state index contributed by atoms with van der Waals surface area (Å²) in [7, 11) is 1.97. The average molecular weight is 255 g/mol. The standard InChI is InChI=1S/C14H13N3O2/c1-8-12(13-10(14(18)19)7-15-16-13)9-5-3-4-6-11(9)17(8)2/h3-7H,1-2H3,(H,15,16)(H,18,19). The smallest absolute Gasteiger partial charge is 0.339 e. The Kier molecular flexibility index (Phi) is 2.41. The molecule has 0 atom stereocenters. The molecule has 0 aliphatic heterocycles. The summed E-state index contributed by atoms with van der Waals surface area (Å²) >= 11 is 0. The number of fused-ring (bicyclic) bond motifs is 1. The molecule has 3 rings (SSSR count). The third-order valence-electron chi connectivity index (χ3n) is 3.52. The fraction of sp³-hybridized carbons (Fsp3) is 0.143. The van der Waals surface area contributed by atoms with Gasteiger partial charge in [-0.3, -0.25) is 5.10 Å². The van der Waals surface area contributed by atoms with Crippen LogP contribution in [-0.2, 0) is 7.05 Å². The van der Waals surface area contributed by atoms with Gasteiger partial charge >= 0.3 is 5.97 Å². The maximum absolute atomic E-state index is 11.2. The van der Waals surface area contributed by atoms with Crippen LogP contribution in [0.3, 0.4) is 0 Å². The van der Waals surface area contributed by atoms with Crippen molar-refractivity contribution in [2.45, 2.75) is 6.92 Å². The van der Waals surface area contributed by atoms with Gasteiger partial charge in [0, 0.05) is 29.2 Å². The fourth-order valence-electron chi connectivity index (χ4n) is 2.48. The summed E-state index contributed by atoms with van der Waals surface area (Å²) in [4.78, 5) is 11.2. The monoisotopic (exact) mass is 255 g/mol. The number of aromatic carboxylic acids is 1. The van der Waals surface area contributed by atoms with Crippen LogP contribution in [-0.4, -0.2) is 25.8 Å². The predicted molar refractivity (Wildman–Crippen MR) is 72.2 cm³/mol. The predicted octanol–water partition coefficient (Wildman–Crippen LogP) is 2.58. The summed E-state index contributed by atoms with van der Waals surface area (Å²) in [5, 5.41) is 16.9. The van der Waals surface area contributed by atoms with E-state index in [1.54, 1.807) is 0 Å². The van der Waals surface area contributed by atoms with Crippen LogP contribution in [0.1, 0.15) is 16.1 Å². The van der Waals surface area contributed by atoms with E-state index in [4.69, 9.17) is 0 Å². The summed E-state index contributed by atoms with van der Waals surface area (Å²) in [5.74, 6) is -0.976. The third-order valence-corrected chi connectivity index (χ3v) is 3.52. The van der Waals surface area contributed by atoms with E-state index in [2.05, 4.69) is 14.8 Å². The van der Waals surface area contributed by atoms with E-state index in [-0.39, 0.29) is 5.56 Å². The SMILES string of the molecule is Cc1c(-c2[nH]ncc2C(=O)O)c2ccccc2n1C. The molecule has 0 saturated carbocycles. The Morgan fingerprint density at radius 1 is 1.37 bits per heavy atom. The first-order valence-corrected chi connectivity index (χ1v) is 5.92. The van der Waals surface area contributed by atoms with Crippen LogP contribution in [0.5, 0.6) is 0 Å². The van der Waals surface area contributed by atoms with Gasteiger partial charge in [-0.25, -0.2) is 4.79 Å². The van der Waals surface area contributed by atoms with E-state index in [0.717, 1.165) is 22.2 Å². The zero-order valence-corrected chi connectivity index (χ0v) is 10.6. The van der Waals surface area contributed by atoms with E-state index in [1.807, 2.05) is 38.2 Å². The molecule has 19 heavy (non-hydrogen) atoms. The normalized spacial score (nSPS) is 11.1. The minimum Gasteiger partial charge on any atom is -0.478 e. The lowest BCUT2D eigenvalue weighted by Crippen LogP contribution is -1.98. The van der Waals surface area contributed by atoms with Crippen molar-refractivity contribution in [2.24, 2.45) is 7.05 Å². The first-order valence-electron chi connectivity index (χ1n) is 5.92. The molecule has 2 heterocycles. The molecule has 0 radical (unpaired) electrons. The molecule has 2 aromatic heterocycles. The van der Waals surface area contributed by atoms with E-state index in [1.165, 1.54) is 6.20 Å². The lowest BCUT2D eigenvalue weighted by molar-refractivity contribution is 0.0698. The van der Waals surface area contributed by atoms with Gasteiger partial charge in [0.1, 0.15) is 5.56 Å². The van der Waals surface area contributed by atoms with Crippen LogP contribution >= 0.6 is 0 Å². The number of para-hydroxylation sites is 1. The highest BCUT2D eigenvalue weighted by Gasteiger charge is 2.20. The summed E-state index contributed by atoms with van der Waals surface area (Å²) in [5.41, 5.74) is 3.73. The molecule has 5 nitrogen and oxygen atoms in total. The maximum atomic E-state index is 11.2. The van der Waals surface area contributed by atoms with Gasteiger partial charge in [0.15, 0.2) is 0 Å². The van der Waals surface area contributed by atoms with Crippen molar-refractivity contribution in [1.29, 1.82) is 0 Å². The Morgan fingerprint density at radius 2 is 2.11 bits per heavy atom. The van der Waals surface area contributed by atoms with Crippen LogP contribution in [0.4, 0.5) is 0 Å². The number of carboxylic acid groups (broad SMARTS) is 1. The van der Waals surface area contributed by atoms with Crippen molar-refractivity contribution >= 4 is 16.9 Å². The molecule has 0 aliphatic carbocycles. The van der Waals surface area contributed by atoms with Crippen molar-refractivity contribution < 1.29 is 9.90 Å². The number of H-pyrrole nitrogens is 1. The van der Waals surface area contributed by atoms with E-state index < -0.39 is 5.97 Å². The van der Waals surface area contributed by atoms with Gasteiger partial charge in [-0.05, 0) is 13.0 Å². The van der Waals surface area contributed by atoms with Crippen molar-refractivity contribution in [3.8, 4) is 11.3 Å². The number of carboxylic acids is 1. The van der Waals surface area contributed by atoms with E-state index in [9.17, 15) is 9.90 Å². The topological polar surface area (TPSA) is 70.9 Å². The quantitative estimate of drug-likeness (QED) is 0.739. The Bertz CT molecular complexity index is 783. The second-order valence-corrected chi connectivity index (χ2v) is 4.50. The number of hydrogen-bond donors (Lipinski definition) is 2. The zero-order valence-electron chi connectivity index (χ0n) is 10.6. The molecule has 96 valence electrons. The third kappa shape index (κ3) is 1.55. The number of nitrogens with one attached hydrogen (secondary N) is 1. The van der Waals surface area contributed by atoms with E-state index >= 15 is 0 Å². The molecule has 3 aromatic rings. The van der Waals surface area contributed by atoms with Crippen molar-refractivity contribution in [2.75, 3.05) is 0 Å². The Balaban J connectivity index is 2.40. The Labute approximate surface area is 109 Å². The highest BCUT2D eigenvalue weighted by molar-refractivity contribution is 6.03. The molecule has 1 aromatic carbocycles. The largest absolute Gasteiger partial charge is 0.478 e.